The van der Waals surface area contributed by atoms with Crippen LogP contribution in [0.5, 0.6) is 0 Å². The van der Waals surface area contributed by atoms with Gasteiger partial charge in [0.1, 0.15) is 11.2 Å². The second-order valence-electron chi connectivity index (χ2n) is 13.3. The Balaban J connectivity index is 1.13. The summed E-state index contributed by atoms with van der Waals surface area (Å²) in [6.07, 6.45) is 0. The van der Waals surface area contributed by atoms with Crippen LogP contribution >= 0.6 is 0 Å². The summed E-state index contributed by atoms with van der Waals surface area (Å²) in [5.41, 5.74) is 13.4. The van der Waals surface area contributed by atoms with Crippen molar-refractivity contribution in [2.24, 2.45) is 0 Å². The third kappa shape index (κ3) is 4.19. The number of hydrogen-bond acceptors (Lipinski definition) is 1. The Morgan fingerprint density at radius 1 is 0.314 bits per heavy atom. The molecule has 0 saturated heterocycles. The summed E-state index contributed by atoms with van der Waals surface area (Å²) in [5.74, 6) is 0. The van der Waals surface area contributed by atoms with Gasteiger partial charge >= 0.3 is 0 Å². The van der Waals surface area contributed by atoms with Crippen LogP contribution in [-0.4, -0.2) is 9.13 Å². The van der Waals surface area contributed by atoms with Crippen LogP contribution in [0, 0.1) is 0 Å². The zero-order valence-electron chi connectivity index (χ0n) is 27.6. The maximum Gasteiger partial charge on any atom is 0.137 e. The topological polar surface area (TPSA) is 23.0 Å². The zero-order chi connectivity index (χ0) is 33.5. The van der Waals surface area contributed by atoms with Gasteiger partial charge in [0.25, 0.3) is 0 Å². The van der Waals surface area contributed by atoms with Crippen LogP contribution in [0.1, 0.15) is 0 Å². The minimum Gasteiger partial charge on any atom is -0.456 e. The highest BCUT2D eigenvalue weighted by Gasteiger charge is 2.20. The van der Waals surface area contributed by atoms with Crippen molar-refractivity contribution in [1.29, 1.82) is 0 Å². The molecule has 0 aliphatic heterocycles. The average molecular weight is 651 g/mol. The molecule has 11 aromatic rings. The Bertz CT molecular complexity index is 3090. The Labute approximate surface area is 293 Å². The second kappa shape index (κ2) is 10.8. The summed E-state index contributed by atoms with van der Waals surface area (Å²) in [6, 6.07) is 65.4. The summed E-state index contributed by atoms with van der Waals surface area (Å²) in [4.78, 5) is 0. The van der Waals surface area contributed by atoms with Crippen LogP contribution in [0.2, 0.25) is 0 Å². The van der Waals surface area contributed by atoms with Crippen LogP contribution in [0.15, 0.2) is 186 Å². The van der Waals surface area contributed by atoms with Crippen LogP contribution in [0.25, 0.3) is 99.2 Å². The molecule has 3 heteroatoms. The normalized spacial score (nSPS) is 11.9. The first-order valence-electron chi connectivity index (χ1n) is 17.4. The van der Waals surface area contributed by atoms with E-state index in [1.165, 1.54) is 54.8 Å². The first kappa shape index (κ1) is 28.0. The van der Waals surface area contributed by atoms with Gasteiger partial charge in [-0.15, -0.1) is 0 Å². The fourth-order valence-corrected chi connectivity index (χ4v) is 8.24. The van der Waals surface area contributed by atoms with Crippen LogP contribution in [0.3, 0.4) is 0 Å². The fraction of sp³-hybridized carbons (Fsp3) is 0. The van der Waals surface area contributed by atoms with E-state index in [1.54, 1.807) is 0 Å². The van der Waals surface area contributed by atoms with Crippen molar-refractivity contribution in [3.8, 4) is 33.6 Å². The maximum absolute atomic E-state index is 6.65. The summed E-state index contributed by atoms with van der Waals surface area (Å²) >= 11 is 0. The molecule has 238 valence electrons. The lowest BCUT2D eigenvalue weighted by Gasteiger charge is -2.12. The van der Waals surface area contributed by atoms with E-state index < -0.39 is 0 Å². The van der Waals surface area contributed by atoms with Crippen molar-refractivity contribution in [2.45, 2.75) is 0 Å². The third-order valence-corrected chi connectivity index (χ3v) is 10.5. The quantitative estimate of drug-likeness (QED) is 0.186. The molecule has 8 aromatic carbocycles. The van der Waals surface area contributed by atoms with E-state index in [2.05, 4.69) is 191 Å². The number of fused-ring (bicyclic) bond motifs is 9. The van der Waals surface area contributed by atoms with Gasteiger partial charge in [0.05, 0.1) is 33.1 Å². The van der Waals surface area contributed by atoms with Gasteiger partial charge in [-0.3, -0.25) is 0 Å². The Morgan fingerprint density at radius 3 is 1.59 bits per heavy atom. The van der Waals surface area contributed by atoms with Gasteiger partial charge in [-0.1, -0.05) is 121 Å². The molecule has 0 bridgehead atoms. The highest BCUT2D eigenvalue weighted by molar-refractivity contribution is 6.15. The van der Waals surface area contributed by atoms with E-state index in [9.17, 15) is 0 Å². The molecular weight excluding hydrogens is 621 g/mol. The van der Waals surface area contributed by atoms with Gasteiger partial charge in [0.15, 0.2) is 0 Å². The molecule has 0 amide bonds. The Morgan fingerprint density at radius 2 is 0.863 bits per heavy atom. The molecule has 0 unspecified atom stereocenters. The van der Waals surface area contributed by atoms with Gasteiger partial charge in [0.2, 0.25) is 0 Å². The van der Waals surface area contributed by atoms with Gasteiger partial charge in [-0.2, -0.15) is 0 Å². The number of nitrogens with zero attached hydrogens (tertiary/aromatic N) is 2. The number of benzene rings is 8. The van der Waals surface area contributed by atoms with E-state index in [1.807, 2.05) is 0 Å². The maximum atomic E-state index is 6.65. The van der Waals surface area contributed by atoms with Crippen LogP contribution in [-0.2, 0) is 0 Å². The molecule has 0 atom stereocenters. The number of furan rings is 1. The Kier molecular flexibility index (Phi) is 5.96. The largest absolute Gasteiger partial charge is 0.456 e. The van der Waals surface area contributed by atoms with Crippen LogP contribution in [0.4, 0.5) is 0 Å². The first-order chi connectivity index (χ1) is 25.3. The molecule has 0 saturated carbocycles. The predicted octanol–water partition coefficient (Wildman–Crippen LogP) is 13.1. The highest BCUT2D eigenvalue weighted by atomic mass is 16.3. The summed E-state index contributed by atoms with van der Waals surface area (Å²) < 4.78 is 11.5. The minimum atomic E-state index is 0.877. The van der Waals surface area contributed by atoms with Crippen molar-refractivity contribution < 1.29 is 4.42 Å². The molecule has 0 spiro atoms. The van der Waals surface area contributed by atoms with Gasteiger partial charge in [-0.25, -0.2) is 0 Å². The van der Waals surface area contributed by atoms with Crippen LogP contribution < -0.4 is 0 Å². The summed E-state index contributed by atoms with van der Waals surface area (Å²) in [7, 11) is 0. The molecule has 3 aromatic heterocycles. The molecular formula is C48H30N2O. The summed E-state index contributed by atoms with van der Waals surface area (Å²) in [5, 5.41) is 7.19. The van der Waals surface area contributed by atoms with Gasteiger partial charge in [-0.05, 0) is 82.9 Å². The molecule has 11 rings (SSSR count). The van der Waals surface area contributed by atoms with Crippen molar-refractivity contribution in [1.82, 2.24) is 9.13 Å². The number of rotatable bonds is 4. The molecule has 0 fully saturated rings. The lowest BCUT2D eigenvalue weighted by molar-refractivity contribution is 0.669. The van der Waals surface area contributed by atoms with Crippen molar-refractivity contribution in [2.75, 3.05) is 0 Å². The molecule has 3 nitrogen and oxygen atoms in total. The molecule has 51 heavy (non-hydrogen) atoms. The highest BCUT2D eigenvalue weighted by Crippen LogP contribution is 2.41. The summed E-state index contributed by atoms with van der Waals surface area (Å²) in [6.45, 7) is 0. The number of para-hydroxylation sites is 3. The first-order valence-corrected chi connectivity index (χ1v) is 17.4. The van der Waals surface area contributed by atoms with E-state index in [0.717, 1.165) is 44.4 Å². The van der Waals surface area contributed by atoms with Crippen molar-refractivity contribution in [3.63, 3.8) is 0 Å². The van der Waals surface area contributed by atoms with Gasteiger partial charge in [0, 0.05) is 32.6 Å². The number of hydrogen-bond donors (Lipinski definition) is 0. The third-order valence-electron chi connectivity index (χ3n) is 10.5. The van der Waals surface area contributed by atoms with E-state index in [4.69, 9.17) is 4.42 Å². The van der Waals surface area contributed by atoms with E-state index in [0.29, 0.717) is 0 Å². The zero-order valence-corrected chi connectivity index (χ0v) is 27.6. The molecule has 0 radical (unpaired) electrons. The van der Waals surface area contributed by atoms with Crippen molar-refractivity contribution in [3.05, 3.63) is 182 Å². The Hall–Kier alpha value is -6.84. The lowest BCUT2D eigenvalue weighted by atomic mass is 9.98. The van der Waals surface area contributed by atoms with E-state index in [-0.39, 0.29) is 0 Å². The molecule has 3 heterocycles. The fourth-order valence-electron chi connectivity index (χ4n) is 8.24. The monoisotopic (exact) mass is 650 g/mol. The smallest absolute Gasteiger partial charge is 0.137 e. The molecule has 0 aliphatic carbocycles. The molecule has 0 aliphatic rings. The lowest BCUT2D eigenvalue weighted by Crippen LogP contribution is -1.97. The predicted molar refractivity (Wildman–Crippen MR) is 213 cm³/mol. The van der Waals surface area contributed by atoms with Gasteiger partial charge < -0.3 is 13.6 Å². The van der Waals surface area contributed by atoms with Crippen molar-refractivity contribution >= 4 is 65.6 Å². The minimum absolute atomic E-state index is 0.877. The SMILES string of the molecule is c1ccc(-c2cccc(-c3ccc4c(c3)oc3cccc(-n5c6ccccc6c6ccc(-n7c8ccccc8c8ccccc87)cc65)c34)c2)cc1. The second-order valence-corrected chi connectivity index (χ2v) is 13.3. The molecule has 0 N–H and O–H groups in total. The standard InChI is InChI=1S/C48H30N2O/c1-2-12-31(13-3-1)32-14-10-15-33(28-32)34-24-26-40-47(29-34)51-46-23-11-22-44(48(40)46)50-43-21-9-6-18-38(43)39-27-25-35(30-45(39)50)49-41-19-7-4-16-36(41)37-17-5-8-20-42(37)49/h1-30H. The average Bonchev–Trinajstić information content (AvgIpc) is 3.85. The van der Waals surface area contributed by atoms with E-state index >= 15 is 0 Å². The number of aromatic nitrogens is 2.